The summed E-state index contributed by atoms with van der Waals surface area (Å²) in [5, 5.41) is 3.50. The number of nitrogens with zero attached hydrogens (tertiary/aromatic N) is 5. The molecule has 0 amide bonds. The number of benzene rings is 1. The maximum Gasteiger partial charge on any atom is 0.262 e. The Morgan fingerprint density at radius 1 is 1.03 bits per heavy atom. The van der Waals surface area contributed by atoms with Crippen LogP contribution in [0.2, 0.25) is 0 Å². The van der Waals surface area contributed by atoms with E-state index in [1.165, 1.54) is 29.7 Å². The van der Waals surface area contributed by atoms with Gasteiger partial charge in [0.1, 0.15) is 5.82 Å². The lowest BCUT2D eigenvalue weighted by Gasteiger charge is -2.20. The van der Waals surface area contributed by atoms with Gasteiger partial charge in [-0.25, -0.2) is 18.4 Å². The first-order chi connectivity index (χ1) is 14.5. The van der Waals surface area contributed by atoms with Crippen LogP contribution in [0.3, 0.4) is 0 Å². The molecule has 3 heterocycles. The molecule has 1 aliphatic carbocycles. The predicted octanol–water partition coefficient (Wildman–Crippen LogP) is 2.36. The molecule has 1 saturated heterocycles. The first kappa shape index (κ1) is 19.2. The molecular formula is C21H24N6O2S. The second kappa shape index (κ2) is 7.48. The minimum atomic E-state index is -3.67. The van der Waals surface area contributed by atoms with Gasteiger partial charge in [0.2, 0.25) is 0 Å². The maximum atomic E-state index is 13.1. The van der Waals surface area contributed by atoms with Crippen LogP contribution in [-0.2, 0) is 17.1 Å². The normalized spacial score (nSPS) is 22.3. The average Bonchev–Trinajstić information content (AvgIpc) is 3.36. The molecule has 9 heteroatoms. The maximum absolute atomic E-state index is 13.1. The molecule has 2 aromatic heterocycles. The van der Waals surface area contributed by atoms with Gasteiger partial charge in [-0.3, -0.25) is 4.98 Å². The zero-order valence-corrected chi connectivity index (χ0v) is 17.5. The van der Waals surface area contributed by atoms with Gasteiger partial charge in [0, 0.05) is 44.2 Å². The Kier molecular flexibility index (Phi) is 4.79. The van der Waals surface area contributed by atoms with E-state index in [1.807, 2.05) is 36.5 Å². The van der Waals surface area contributed by atoms with Crippen molar-refractivity contribution in [3.05, 3.63) is 66.5 Å². The summed E-state index contributed by atoms with van der Waals surface area (Å²) in [6.07, 6.45) is 8.99. The number of rotatable bonds is 6. The zero-order valence-electron chi connectivity index (χ0n) is 16.7. The first-order valence-electron chi connectivity index (χ1n) is 10.1. The molecule has 3 aromatic rings. The molecule has 5 rings (SSSR count). The molecule has 2 atom stereocenters. The number of hydrogen-bond donors (Lipinski definition) is 1. The van der Waals surface area contributed by atoms with Gasteiger partial charge in [-0.15, -0.1) is 0 Å². The summed E-state index contributed by atoms with van der Waals surface area (Å²) in [5.41, 5.74) is 2.13. The standard InChI is InChI=1S/C21H24N6O2S/c1-26-13-21(24-14-26)30(28,29)27-11-17(15-5-3-2-4-6-15)19(12-27)25-20-10-22-18(9-23-20)16-7-8-16/h2-6,9-10,13-14,16-17,19H,7-8,11-12H2,1H3,(H,23,25)/t17-,19+/m1/s1. The highest BCUT2D eigenvalue weighted by Gasteiger charge is 2.41. The van der Waals surface area contributed by atoms with Gasteiger partial charge >= 0.3 is 0 Å². The van der Waals surface area contributed by atoms with Gasteiger partial charge in [0.25, 0.3) is 10.0 Å². The molecule has 0 radical (unpaired) electrons. The topological polar surface area (TPSA) is 93.0 Å². The highest BCUT2D eigenvalue weighted by atomic mass is 32.2. The van der Waals surface area contributed by atoms with Crippen LogP contribution in [0.1, 0.15) is 35.9 Å². The Hall–Kier alpha value is -2.78. The van der Waals surface area contributed by atoms with Crippen molar-refractivity contribution < 1.29 is 8.42 Å². The van der Waals surface area contributed by atoms with E-state index in [2.05, 4.69) is 20.3 Å². The summed E-state index contributed by atoms with van der Waals surface area (Å²) in [5.74, 6) is 1.21. The van der Waals surface area contributed by atoms with Crippen molar-refractivity contribution in [1.82, 2.24) is 23.8 Å². The van der Waals surface area contributed by atoms with Gasteiger partial charge in [-0.1, -0.05) is 30.3 Å². The van der Waals surface area contributed by atoms with Crippen molar-refractivity contribution in [3.63, 3.8) is 0 Å². The quantitative estimate of drug-likeness (QED) is 0.653. The molecule has 0 bridgehead atoms. The van der Waals surface area contributed by atoms with E-state index in [0.29, 0.717) is 24.8 Å². The van der Waals surface area contributed by atoms with Crippen molar-refractivity contribution >= 4 is 15.8 Å². The van der Waals surface area contributed by atoms with Crippen LogP contribution in [0.15, 0.2) is 60.3 Å². The SMILES string of the molecule is Cn1cnc(S(=O)(=O)N2C[C@H](Nc3cnc(C4CC4)cn3)[C@@H](c3ccccc3)C2)c1. The number of aryl methyl sites for hydroxylation is 1. The van der Waals surface area contributed by atoms with Crippen LogP contribution >= 0.6 is 0 Å². The third-order valence-corrected chi connectivity index (χ3v) is 7.52. The number of nitrogens with one attached hydrogen (secondary N) is 1. The Balaban J connectivity index is 1.41. The van der Waals surface area contributed by atoms with Crippen LogP contribution in [-0.4, -0.2) is 51.4 Å². The van der Waals surface area contributed by atoms with Crippen molar-refractivity contribution in [2.45, 2.75) is 35.7 Å². The smallest absolute Gasteiger partial charge is 0.262 e. The molecule has 0 spiro atoms. The fraction of sp³-hybridized carbons (Fsp3) is 0.381. The largest absolute Gasteiger partial charge is 0.364 e. The molecule has 1 saturated carbocycles. The Morgan fingerprint density at radius 3 is 2.47 bits per heavy atom. The third kappa shape index (κ3) is 3.70. The Bertz CT molecular complexity index is 1130. The zero-order chi connectivity index (χ0) is 20.7. The van der Waals surface area contributed by atoms with E-state index < -0.39 is 10.0 Å². The summed E-state index contributed by atoms with van der Waals surface area (Å²) in [7, 11) is -1.91. The van der Waals surface area contributed by atoms with Crippen LogP contribution in [0.5, 0.6) is 0 Å². The summed E-state index contributed by atoms with van der Waals surface area (Å²) in [6, 6.07) is 9.88. The highest BCUT2D eigenvalue weighted by molar-refractivity contribution is 7.89. The summed E-state index contributed by atoms with van der Waals surface area (Å²) in [6.45, 7) is 0.721. The van der Waals surface area contributed by atoms with Gasteiger partial charge in [0.05, 0.1) is 24.4 Å². The molecule has 0 unspecified atom stereocenters. The lowest BCUT2D eigenvalue weighted by Crippen LogP contribution is -2.32. The second-order valence-electron chi connectivity index (χ2n) is 8.07. The van der Waals surface area contributed by atoms with Crippen molar-refractivity contribution in [3.8, 4) is 0 Å². The second-order valence-corrected chi connectivity index (χ2v) is 9.95. The first-order valence-corrected chi connectivity index (χ1v) is 11.6. The van der Waals surface area contributed by atoms with Crippen LogP contribution in [0.25, 0.3) is 0 Å². The summed E-state index contributed by atoms with van der Waals surface area (Å²) in [4.78, 5) is 13.1. The average molecular weight is 425 g/mol. The van der Waals surface area contributed by atoms with E-state index in [9.17, 15) is 8.42 Å². The molecule has 30 heavy (non-hydrogen) atoms. The monoisotopic (exact) mass is 424 g/mol. The van der Waals surface area contributed by atoms with E-state index in [4.69, 9.17) is 0 Å². The van der Waals surface area contributed by atoms with Crippen molar-refractivity contribution in [2.24, 2.45) is 7.05 Å². The molecule has 2 aliphatic rings. The number of sulfonamides is 1. The van der Waals surface area contributed by atoms with Crippen LogP contribution in [0, 0.1) is 0 Å². The highest BCUT2D eigenvalue weighted by Crippen LogP contribution is 2.39. The lowest BCUT2D eigenvalue weighted by molar-refractivity contribution is 0.468. The van der Waals surface area contributed by atoms with E-state index in [1.54, 1.807) is 17.8 Å². The Morgan fingerprint density at radius 2 is 1.83 bits per heavy atom. The number of hydrogen-bond acceptors (Lipinski definition) is 6. The predicted molar refractivity (Wildman–Crippen MR) is 113 cm³/mol. The van der Waals surface area contributed by atoms with Gasteiger partial charge < -0.3 is 9.88 Å². The Labute approximate surface area is 176 Å². The molecule has 1 aromatic carbocycles. The molecule has 8 nitrogen and oxygen atoms in total. The number of anilines is 1. The fourth-order valence-corrected chi connectivity index (χ4v) is 5.45. The fourth-order valence-electron chi connectivity index (χ4n) is 3.99. The summed E-state index contributed by atoms with van der Waals surface area (Å²) < 4.78 is 29.4. The van der Waals surface area contributed by atoms with Crippen molar-refractivity contribution in [1.29, 1.82) is 0 Å². The van der Waals surface area contributed by atoms with Crippen molar-refractivity contribution in [2.75, 3.05) is 18.4 Å². The van der Waals surface area contributed by atoms with Gasteiger partial charge in [-0.2, -0.15) is 4.31 Å². The van der Waals surface area contributed by atoms with Gasteiger partial charge in [0.15, 0.2) is 5.03 Å². The van der Waals surface area contributed by atoms with Gasteiger partial charge in [-0.05, 0) is 18.4 Å². The molecule has 1 aliphatic heterocycles. The number of aromatic nitrogens is 4. The van der Waals surface area contributed by atoms with E-state index in [-0.39, 0.29) is 17.0 Å². The number of imidazole rings is 1. The molecular weight excluding hydrogens is 400 g/mol. The third-order valence-electron chi connectivity index (χ3n) is 5.80. The summed E-state index contributed by atoms with van der Waals surface area (Å²) >= 11 is 0. The van der Waals surface area contributed by atoms with E-state index >= 15 is 0 Å². The van der Waals surface area contributed by atoms with Crippen LogP contribution in [0.4, 0.5) is 5.82 Å². The minimum absolute atomic E-state index is 0.00500. The minimum Gasteiger partial charge on any atom is -0.364 e. The molecule has 156 valence electrons. The lowest BCUT2D eigenvalue weighted by atomic mass is 9.94. The molecule has 2 fully saturated rings. The molecule has 1 N–H and O–H groups in total. The van der Waals surface area contributed by atoms with Crippen LogP contribution < -0.4 is 5.32 Å². The van der Waals surface area contributed by atoms with E-state index in [0.717, 1.165) is 11.3 Å².